The van der Waals surface area contributed by atoms with E-state index < -0.39 is 17.9 Å². The summed E-state index contributed by atoms with van der Waals surface area (Å²) in [5.74, 6) is -1.60. The Morgan fingerprint density at radius 2 is 1.77 bits per heavy atom. The highest BCUT2D eigenvalue weighted by Gasteiger charge is 2.21. The van der Waals surface area contributed by atoms with Crippen molar-refractivity contribution in [2.45, 2.75) is 19.0 Å². The van der Waals surface area contributed by atoms with Gasteiger partial charge in [-0.05, 0) is 17.7 Å². The summed E-state index contributed by atoms with van der Waals surface area (Å²) in [7, 11) is 0. The Labute approximate surface area is 148 Å². The molecule has 0 radical (unpaired) electrons. The number of amides is 1. The first kappa shape index (κ1) is 17.3. The molecule has 1 heterocycles. The van der Waals surface area contributed by atoms with Crippen molar-refractivity contribution in [1.82, 2.24) is 14.9 Å². The molecule has 2 aromatic carbocycles. The normalized spacial score (nSPS) is 11.8. The smallest absolute Gasteiger partial charge is 0.330 e. The second kappa shape index (κ2) is 7.60. The van der Waals surface area contributed by atoms with E-state index >= 15 is 0 Å². The van der Waals surface area contributed by atoms with Gasteiger partial charge in [0.15, 0.2) is 6.04 Å². The molecule has 0 saturated heterocycles. The SMILES string of the molecule is O=C(CCn1cnc2ccccc2c1=O)NC(C(=O)O)c1ccccc1. The maximum atomic E-state index is 12.4. The Morgan fingerprint density at radius 1 is 1.08 bits per heavy atom. The van der Waals surface area contributed by atoms with Crippen molar-refractivity contribution >= 4 is 22.8 Å². The Balaban J connectivity index is 1.70. The van der Waals surface area contributed by atoms with E-state index in [0.29, 0.717) is 16.5 Å². The third-order valence-electron chi connectivity index (χ3n) is 4.00. The molecular formula is C19H17N3O4. The third kappa shape index (κ3) is 3.77. The van der Waals surface area contributed by atoms with Crippen molar-refractivity contribution in [1.29, 1.82) is 0 Å². The van der Waals surface area contributed by atoms with E-state index in [2.05, 4.69) is 10.3 Å². The minimum absolute atomic E-state index is 0.0312. The zero-order valence-electron chi connectivity index (χ0n) is 13.8. The minimum Gasteiger partial charge on any atom is -0.479 e. The molecule has 0 aliphatic carbocycles. The van der Waals surface area contributed by atoms with Crippen LogP contribution < -0.4 is 10.9 Å². The van der Waals surface area contributed by atoms with Gasteiger partial charge in [-0.3, -0.25) is 14.2 Å². The number of hydrogen-bond acceptors (Lipinski definition) is 4. The summed E-state index contributed by atoms with van der Waals surface area (Å²) >= 11 is 0. The van der Waals surface area contributed by atoms with Crippen LogP contribution in [0.15, 0.2) is 65.7 Å². The summed E-state index contributed by atoms with van der Waals surface area (Å²) in [6, 6.07) is 14.3. The molecule has 2 N–H and O–H groups in total. The molecule has 0 spiro atoms. The fraction of sp³-hybridized carbons (Fsp3) is 0.158. The van der Waals surface area contributed by atoms with Crippen LogP contribution in [-0.2, 0) is 16.1 Å². The van der Waals surface area contributed by atoms with Crippen molar-refractivity contribution < 1.29 is 14.7 Å². The molecule has 0 bridgehead atoms. The number of aromatic nitrogens is 2. The summed E-state index contributed by atoms with van der Waals surface area (Å²) in [6.45, 7) is 0.115. The standard InChI is InChI=1S/C19H17N3O4/c23-16(21-17(19(25)26)13-6-2-1-3-7-13)10-11-22-12-20-15-9-5-4-8-14(15)18(22)24/h1-9,12,17H,10-11H2,(H,21,23)(H,25,26). The van der Waals surface area contributed by atoms with Gasteiger partial charge in [0.05, 0.1) is 17.2 Å². The highest BCUT2D eigenvalue weighted by Crippen LogP contribution is 2.13. The quantitative estimate of drug-likeness (QED) is 0.704. The number of fused-ring (bicyclic) bond motifs is 1. The Bertz CT molecular complexity index is 998. The Hall–Kier alpha value is -3.48. The van der Waals surface area contributed by atoms with E-state index in [1.807, 2.05) is 0 Å². The summed E-state index contributed by atoms with van der Waals surface area (Å²) in [4.78, 5) is 40.2. The van der Waals surface area contributed by atoms with Crippen molar-refractivity contribution in [3.05, 3.63) is 76.8 Å². The number of benzene rings is 2. The molecule has 0 saturated carbocycles. The van der Waals surface area contributed by atoms with Crippen LogP contribution in [0.1, 0.15) is 18.0 Å². The van der Waals surface area contributed by atoms with Gasteiger partial charge in [0.25, 0.3) is 5.56 Å². The zero-order valence-corrected chi connectivity index (χ0v) is 13.8. The molecule has 0 aliphatic heterocycles. The number of carbonyl (C=O) groups excluding carboxylic acids is 1. The summed E-state index contributed by atoms with van der Waals surface area (Å²) in [6.07, 6.45) is 1.36. The lowest BCUT2D eigenvalue weighted by atomic mass is 10.1. The molecule has 0 fully saturated rings. The number of aryl methyl sites for hydroxylation is 1. The number of rotatable bonds is 6. The van der Waals surface area contributed by atoms with Crippen LogP contribution in [0.4, 0.5) is 0 Å². The van der Waals surface area contributed by atoms with Crippen LogP contribution in [0.3, 0.4) is 0 Å². The minimum atomic E-state index is -1.14. The van der Waals surface area contributed by atoms with Gasteiger partial charge < -0.3 is 10.4 Å². The van der Waals surface area contributed by atoms with Crippen LogP contribution in [0, 0.1) is 0 Å². The number of carboxylic acid groups (broad SMARTS) is 1. The highest BCUT2D eigenvalue weighted by molar-refractivity contribution is 5.84. The first-order chi connectivity index (χ1) is 12.6. The number of aliphatic carboxylic acids is 1. The Morgan fingerprint density at radius 3 is 2.50 bits per heavy atom. The van der Waals surface area contributed by atoms with Gasteiger partial charge in [-0.25, -0.2) is 9.78 Å². The lowest BCUT2D eigenvalue weighted by Crippen LogP contribution is -2.34. The molecule has 26 heavy (non-hydrogen) atoms. The largest absolute Gasteiger partial charge is 0.479 e. The number of hydrogen-bond donors (Lipinski definition) is 2. The number of para-hydroxylation sites is 1. The molecular weight excluding hydrogens is 334 g/mol. The predicted octanol–water partition coefficient (Wildman–Crippen LogP) is 1.73. The average Bonchev–Trinajstić information content (AvgIpc) is 2.66. The number of carbonyl (C=O) groups is 2. The Kier molecular flexibility index (Phi) is 5.07. The molecule has 3 rings (SSSR count). The van der Waals surface area contributed by atoms with Crippen molar-refractivity contribution in [2.24, 2.45) is 0 Å². The van der Waals surface area contributed by atoms with Gasteiger partial charge >= 0.3 is 5.97 Å². The molecule has 7 heteroatoms. The monoisotopic (exact) mass is 351 g/mol. The number of nitrogens with one attached hydrogen (secondary N) is 1. The van der Waals surface area contributed by atoms with Crippen LogP contribution in [-0.4, -0.2) is 26.5 Å². The van der Waals surface area contributed by atoms with Gasteiger partial charge in [-0.15, -0.1) is 0 Å². The first-order valence-electron chi connectivity index (χ1n) is 8.07. The third-order valence-corrected chi connectivity index (χ3v) is 4.00. The van der Waals surface area contributed by atoms with Crippen LogP contribution in [0.25, 0.3) is 10.9 Å². The summed E-state index contributed by atoms with van der Waals surface area (Å²) in [5.41, 5.74) is 0.840. The van der Waals surface area contributed by atoms with Crippen LogP contribution >= 0.6 is 0 Å². The predicted molar refractivity (Wildman–Crippen MR) is 95.6 cm³/mol. The zero-order chi connectivity index (χ0) is 18.5. The molecule has 1 amide bonds. The van der Waals surface area contributed by atoms with E-state index in [0.717, 1.165) is 0 Å². The lowest BCUT2D eigenvalue weighted by Gasteiger charge is -2.15. The maximum Gasteiger partial charge on any atom is 0.330 e. The van der Waals surface area contributed by atoms with E-state index in [1.54, 1.807) is 54.6 Å². The highest BCUT2D eigenvalue weighted by atomic mass is 16.4. The molecule has 0 aliphatic rings. The molecule has 3 aromatic rings. The fourth-order valence-corrected chi connectivity index (χ4v) is 2.65. The number of nitrogens with zero attached hydrogens (tertiary/aromatic N) is 2. The van der Waals surface area contributed by atoms with Crippen LogP contribution in [0.5, 0.6) is 0 Å². The van der Waals surface area contributed by atoms with Gasteiger partial charge in [0.2, 0.25) is 5.91 Å². The first-order valence-corrected chi connectivity index (χ1v) is 8.07. The average molecular weight is 351 g/mol. The molecule has 1 unspecified atom stereocenters. The molecule has 1 aromatic heterocycles. The van der Waals surface area contributed by atoms with Gasteiger partial charge in [0.1, 0.15) is 0 Å². The van der Waals surface area contributed by atoms with Gasteiger partial charge in [0, 0.05) is 13.0 Å². The van der Waals surface area contributed by atoms with Crippen LogP contribution in [0.2, 0.25) is 0 Å². The summed E-state index contributed by atoms with van der Waals surface area (Å²) in [5, 5.41) is 12.3. The van der Waals surface area contributed by atoms with Gasteiger partial charge in [-0.2, -0.15) is 0 Å². The second-order valence-corrected chi connectivity index (χ2v) is 5.76. The van der Waals surface area contributed by atoms with E-state index in [1.165, 1.54) is 10.9 Å². The van der Waals surface area contributed by atoms with E-state index in [4.69, 9.17) is 0 Å². The van der Waals surface area contributed by atoms with Crippen molar-refractivity contribution in [3.8, 4) is 0 Å². The number of carboxylic acids is 1. The van der Waals surface area contributed by atoms with Crippen molar-refractivity contribution in [2.75, 3.05) is 0 Å². The maximum absolute atomic E-state index is 12.4. The van der Waals surface area contributed by atoms with E-state index in [-0.39, 0.29) is 18.5 Å². The summed E-state index contributed by atoms with van der Waals surface area (Å²) < 4.78 is 1.35. The van der Waals surface area contributed by atoms with E-state index in [9.17, 15) is 19.5 Å². The lowest BCUT2D eigenvalue weighted by molar-refractivity contribution is -0.142. The molecule has 132 valence electrons. The topological polar surface area (TPSA) is 101 Å². The molecule has 7 nitrogen and oxygen atoms in total. The van der Waals surface area contributed by atoms with Gasteiger partial charge in [-0.1, -0.05) is 42.5 Å². The second-order valence-electron chi connectivity index (χ2n) is 5.76. The fourth-order valence-electron chi connectivity index (χ4n) is 2.65. The molecule has 1 atom stereocenters. The van der Waals surface area contributed by atoms with Crippen molar-refractivity contribution in [3.63, 3.8) is 0 Å².